The molecule has 0 spiro atoms. The van der Waals surface area contributed by atoms with Crippen molar-refractivity contribution in [2.45, 2.75) is 39.5 Å². The first-order valence-electron chi connectivity index (χ1n) is 7.22. The summed E-state index contributed by atoms with van der Waals surface area (Å²) in [7, 11) is 0. The van der Waals surface area contributed by atoms with Crippen molar-refractivity contribution in [3.63, 3.8) is 0 Å². The van der Waals surface area contributed by atoms with E-state index in [4.69, 9.17) is 0 Å². The highest BCUT2D eigenvalue weighted by Gasteiger charge is 2.38. The Morgan fingerprint density at radius 1 is 1.29 bits per heavy atom. The number of benzene rings is 1. The molecule has 0 bridgehead atoms. The van der Waals surface area contributed by atoms with Crippen molar-refractivity contribution in [3.8, 4) is 0 Å². The summed E-state index contributed by atoms with van der Waals surface area (Å²) in [6.07, 6.45) is 3.20. The van der Waals surface area contributed by atoms with Crippen LogP contribution in [0.15, 0.2) is 29.4 Å². The van der Waals surface area contributed by atoms with Gasteiger partial charge in [-0.25, -0.2) is 4.39 Å². The van der Waals surface area contributed by atoms with Crippen LogP contribution in [0.25, 0.3) is 0 Å². The van der Waals surface area contributed by atoms with Crippen LogP contribution in [0.4, 0.5) is 10.1 Å². The lowest BCUT2D eigenvalue weighted by atomic mass is 9.95. The Morgan fingerprint density at radius 2 is 1.95 bits per heavy atom. The number of ketones is 1. The first-order chi connectivity index (χ1) is 10.0. The van der Waals surface area contributed by atoms with E-state index in [1.165, 1.54) is 29.3 Å². The van der Waals surface area contributed by atoms with E-state index in [-0.39, 0.29) is 17.5 Å². The minimum atomic E-state index is -0.785. The largest absolute Gasteiger partial charge is 0.298 e. The lowest BCUT2D eigenvalue weighted by Gasteiger charge is -2.13. The number of unbranched alkanes of at least 4 members (excludes halogenated alkanes) is 2. The molecule has 1 aromatic rings. The second-order valence-corrected chi connectivity index (χ2v) is 5.22. The van der Waals surface area contributed by atoms with E-state index in [1.807, 2.05) is 0 Å². The van der Waals surface area contributed by atoms with Crippen molar-refractivity contribution < 1.29 is 14.0 Å². The number of anilines is 1. The maximum atomic E-state index is 12.9. The number of Topliss-reactive ketones (excluding diaryl/α,β-unsaturated/α-hetero) is 1. The number of rotatable bonds is 6. The van der Waals surface area contributed by atoms with Crippen LogP contribution in [0.2, 0.25) is 0 Å². The van der Waals surface area contributed by atoms with Crippen LogP contribution in [0.5, 0.6) is 0 Å². The zero-order valence-electron chi connectivity index (χ0n) is 12.3. The molecule has 112 valence electrons. The first kappa shape index (κ1) is 15.4. The minimum Gasteiger partial charge on any atom is -0.298 e. The molecule has 0 aromatic heterocycles. The summed E-state index contributed by atoms with van der Waals surface area (Å²) in [5.74, 6) is -1.59. The Bertz CT molecular complexity index is 566. The molecule has 1 atom stereocenters. The molecule has 2 rings (SSSR count). The van der Waals surface area contributed by atoms with Gasteiger partial charge in [-0.15, -0.1) is 0 Å². The van der Waals surface area contributed by atoms with E-state index in [9.17, 15) is 14.0 Å². The van der Waals surface area contributed by atoms with Crippen molar-refractivity contribution >= 4 is 23.1 Å². The second kappa shape index (κ2) is 6.61. The fraction of sp³-hybridized carbons (Fsp3) is 0.438. The van der Waals surface area contributed by atoms with Crippen molar-refractivity contribution in [3.05, 3.63) is 30.1 Å². The molecule has 4 nitrogen and oxygen atoms in total. The number of carbonyl (C=O) groups is 2. The monoisotopic (exact) mass is 290 g/mol. The van der Waals surface area contributed by atoms with Crippen LogP contribution in [0, 0.1) is 11.7 Å². The van der Waals surface area contributed by atoms with Crippen molar-refractivity contribution in [1.82, 2.24) is 0 Å². The van der Waals surface area contributed by atoms with E-state index in [0.29, 0.717) is 17.8 Å². The molecule has 5 heteroatoms. The van der Waals surface area contributed by atoms with Crippen LogP contribution in [0.3, 0.4) is 0 Å². The lowest BCUT2D eigenvalue weighted by molar-refractivity contribution is -0.129. The number of halogens is 1. The Labute approximate surface area is 123 Å². The smallest absolute Gasteiger partial charge is 0.263 e. The molecule has 0 saturated heterocycles. The molecule has 0 saturated carbocycles. The molecule has 1 aromatic carbocycles. The Balaban J connectivity index is 2.11. The molecular formula is C16H19FN2O2. The molecular weight excluding hydrogens is 271 g/mol. The van der Waals surface area contributed by atoms with E-state index >= 15 is 0 Å². The van der Waals surface area contributed by atoms with Gasteiger partial charge in [0.1, 0.15) is 11.7 Å². The molecule has 0 fully saturated rings. The third-order valence-electron chi connectivity index (χ3n) is 3.55. The molecule has 1 unspecified atom stereocenters. The third-order valence-corrected chi connectivity index (χ3v) is 3.55. The summed E-state index contributed by atoms with van der Waals surface area (Å²) in [5.41, 5.74) is 0.982. The van der Waals surface area contributed by atoms with E-state index in [1.54, 1.807) is 6.92 Å². The highest BCUT2D eigenvalue weighted by atomic mass is 19.1. The number of amides is 1. The topological polar surface area (TPSA) is 49.7 Å². The summed E-state index contributed by atoms with van der Waals surface area (Å²) >= 11 is 0. The molecule has 1 amide bonds. The highest BCUT2D eigenvalue weighted by molar-refractivity contribution is 6.26. The summed E-state index contributed by atoms with van der Waals surface area (Å²) in [4.78, 5) is 24.6. The number of nitrogens with zero attached hydrogens (tertiary/aromatic N) is 2. The molecule has 1 aliphatic heterocycles. The molecule has 1 heterocycles. The highest BCUT2D eigenvalue weighted by Crippen LogP contribution is 2.25. The van der Waals surface area contributed by atoms with Gasteiger partial charge in [0.15, 0.2) is 5.78 Å². The van der Waals surface area contributed by atoms with Gasteiger partial charge >= 0.3 is 0 Å². The number of hydrogen-bond donors (Lipinski definition) is 0. The standard InChI is InChI=1S/C16H19FN2O2/c1-3-4-5-6-14(20)15-11(2)18-19(16(15)21)13-9-7-12(17)8-10-13/h7-10,15H,3-6H2,1-2H3. The molecule has 1 aliphatic rings. The molecule has 0 aliphatic carbocycles. The normalized spacial score (nSPS) is 18.0. The Hall–Kier alpha value is -2.04. The van der Waals surface area contributed by atoms with E-state index < -0.39 is 5.92 Å². The van der Waals surface area contributed by atoms with Crippen LogP contribution in [-0.4, -0.2) is 17.4 Å². The molecule has 0 radical (unpaired) electrons. The van der Waals surface area contributed by atoms with Gasteiger partial charge in [0.2, 0.25) is 0 Å². The van der Waals surface area contributed by atoms with Gasteiger partial charge in [0.25, 0.3) is 5.91 Å². The number of hydrogen-bond acceptors (Lipinski definition) is 3. The maximum Gasteiger partial charge on any atom is 0.263 e. The van der Waals surface area contributed by atoms with Gasteiger partial charge < -0.3 is 0 Å². The Morgan fingerprint density at radius 3 is 2.57 bits per heavy atom. The Kier molecular flexibility index (Phi) is 4.83. The number of carbonyl (C=O) groups excluding carboxylic acids is 2. The van der Waals surface area contributed by atoms with Crippen LogP contribution in [0.1, 0.15) is 39.5 Å². The van der Waals surface area contributed by atoms with E-state index in [2.05, 4.69) is 12.0 Å². The summed E-state index contributed by atoms with van der Waals surface area (Å²) < 4.78 is 12.9. The lowest BCUT2D eigenvalue weighted by Crippen LogP contribution is -2.32. The van der Waals surface area contributed by atoms with Gasteiger partial charge in [-0.1, -0.05) is 19.8 Å². The average molecular weight is 290 g/mol. The molecule has 0 N–H and O–H groups in total. The fourth-order valence-electron chi connectivity index (χ4n) is 2.40. The van der Waals surface area contributed by atoms with Crippen LogP contribution >= 0.6 is 0 Å². The van der Waals surface area contributed by atoms with Crippen molar-refractivity contribution in [1.29, 1.82) is 0 Å². The van der Waals surface area contributed by atoms with Crippen LogP contribution < -0.4 is 5.01 Å². The zero-order chi connectivity index (χ0) is 15.4. The van der Waals surface area contributed by atoms with Crippen molar-refractivity contribution in [2.75, 3.05) is 5.01 Å². The average Bonchev–Trinajstić information content (AvgIpc) is 2.75. The number of hydrazone groups is 1. The van der Waals surface area contributed by atoms with Gasteiger partial charge in [-0.3, -0.25) is 9.59 Å². The van der Waals surface area contributed by atoms with Gasteiger partial charge in [-0.2, -0.15) is 10.1 Å². The summed E-state index contributed by atoms with van der Waals surface area (Å²) in [5, 5.41) is 5.35. The maximum absolute atomic E-state index is 12.9. The summed E-state index contributed by atoms with van der Waals surface area (Å²) in [6, 6.07) is 5.50. The fourth-order valence-corrected chi connectivity index (χ4v) is 2.40. The first-order valence-corrected chi connectivity index (χ1v) is 7.22. The SMILES string of the molecule is CCCCCC(=O)C1C(=O)N(c2ccc(F)cc2)N=C1C. The minimum absolute atomic E-state index is 0.0840. The van der Waals surface area contributed by atoms with Gasteiger partial charge in [0, 0.05) is 6.42 Å². The second-order valence-electron chi connectivity index (χ2n) is 5.22. The predicted molar refractivity (Wildman–Crippen MR) is 79.6 cm³/mol. The van der Waals surface area contributed by atoms with E-state index in [0.717, 1.165) is 19.3 Å². The third kappa shape index (κ3) is 3.35. The predicted octanol–water partition coefficient (Wildman–Crippen LogP) is 3.31. The zero-order valence-corrected chi connectivity index (χ0v) is 12.3. The van der Waals surface area contributed by atoms with Crippen molar-refractivity contribution in [2.24, 2.45) is 11.0 Å². The van der Waals surface area contributed by atoms with Gasteiger partial charge in [0.05, 0.1) is 11.4 Å². The van der Waals surface area contributed by atoms with Gasteiger partial charge in [-0.05, 0) is 37.6 Å². The molecule has 21 heavy (non-hydrogen) atoms. The quantitative estimate of drug-likeness (QED) is 0.596. The summed E-state index contributed by atoms with van der Waals surface area (Å²) in [6.45, 7) is 3.75. The van der Waals surface area contributed by atoms with Crippen LogP contribution in [-0.2, 0) is 9.59 Å².